The summed E-state index contributed by atoms with van der Waals surface area (Å²) in [6.45, 7) is 3.57. The molecular formula is C26H34ClFN4O5. The highest BCUT2D eigenvalue weighted by Crippen LogP contribution is 2.35. The van der Waals surface area contributed by atoms with Crippen LogP contribution in [0.3, 0.4) is 0 Å². The highest BCUT2D eigenvalue weighted by Gasteiger charge is 2.36. The lowest BCUT2D eigenvalue weighted by Crippen LogP contribution is -2.49. The maximum atomic E-state index is 13.4. The van der Waals surface area contributed by atoms with E-state index in [9.17, 15) is 19.1 Å². The van der Waals surface area contributed by atoms with E-state index in [0.29, 0.717) is 62.0 Å². The number of nitrogens with two attached hydrogens (primary N) is 1. The Kier molecular flexibility index (Phi) is 10.5. The number of aliphatic hydroxyl groups is 1. The van der Waals surface area contributed by atoms with Crippen LogP contribution < -0.4 is 21.1 Å². The van der Waals surface area contributed by atoms with Crippen LogP contribution in [0, 0.1) is 11.2 Å². The van der Waals surface area contributed by atoms with Crippen molar-refractivity contribution in [1.29, 1.82) is 0 Å². The topological polar surface area (TPSA) is 126 Å². The zero-order valence-electron chi connectivity index (χ0n) is 20.8. The molecule has 1 aliphatic heterocycles. The van der Waals surface area contributed by atoms with Crippen molar-refractivity contribution < 1.29 is 28.6 Å². The van der Waals surface area contributed by atoms with E-state index in [4.69, 9.17) is 26.8 Å². The van der Waals surface area contributed by atoms with Gasteiger partial charge in [0.05, 0.1) is 18.8 Å². The van der Waals surface area contributed by atoms with Crippen molar-refractivity contribution in [3.63, 3.8) is 0 Å². The average Bonchev–Trinajstić information content (AvgIpc) is 2.85. The van der Waals surface area contributed by atoms with Gasteiger partial charge in [-0.25, -0.2) is 4.39 Å². The maximum absolute atomic E-state index is 13.4. The molecule has 0 aliphatic carbocycles. The lowest BCUT2D eigenvalue weighted by atomic mass is 9.73. The van der Waals surface area contributed by atoms with Gasteiger partial charge in [0.1, 0.15) is 11.6 Å². The number of esters is 1. The van der Waals surface area contributed by atoms with E-state index >= 15 is 0 Å². The van der Waals surface area contributed by atoms with Crippen molar-refractivity contribution in [2.45, 2.75) is 32.5 Å². The van der Waals surface area contributed by atoms with Crippen molar-refractivity contribution in [3.8, 4) is 5.75 Å². The second kappa shape index (κ2) is 13.6. The number of benzene rings is 2. The molecule has 9 nitrogen and oxygen atoms in total. The number of likely N-dealkylation sites (tertiary alicyclic amines) is 1. The van der Waals surface area contributed by atoms with Crippen LogP contribution in [-0.4, -0.2) is 67.6 Å². The summed E-state index contributed by atoms with van der Waals surface area (Å²) in [5.74, 6) is -0.446. The first kappa shape index (κ1) is 28.6. The molecule has 2 aromatic rings. The third kappa shape index (κ3) is 8.85. The van der Waals surface area contributed by atoms with Gasteiger partial charge in [0.15, 0.2) is 13.0 Å². The molecule has 2 aromatic carbocycles. The van der Waals surface area contributed by atoms with E-state index in [2.05, 4.69) is 10.6 Å². The summed E-state index contributed by atoms with van der Waals surface area (Å²) in [4.78, 5) is 26.5. The number of nitrogens with zero attached hydrogens (tertiary/aromatic N) is 1. The van der Waals surface area contributed by atoms with Gasteiger partial charge >= 0.3 is 5.97 Å². The Labute approximate surface area is 221 Å². The van der Waals surface area contributed by atoms with Gasteiger partial charge in [-0.1, -0.05) is 23.7 Å². The smallest absolute Gasteiger partial charge is 0.319 e. The van der Waals surface area contributed by atoms with Crippen LogP contribution in [-0.2, 0) is 20.7 Å². The summed E-state index contributed by atoms with van der Waals surface area (Å²) in [6, 6.07) is 11.2. The predicted octanol–water partition coefficient (Wildman–Crippen LogP) is 2.51. The van der Waals surface area contributed by atoms with Crippen LogP contribution in [0.15, 0.2) is 42.5 Å². The van der Waals surface area contributed by atoms with E-state index in [1.807, 2.05) is 0 Å². The van der Waals surface area contributed by atoms with Gasteiger partial charge in [-0.2, -0.15) is 0 Å². The number of rotatable bonds is 12. The molecule has 0 spiro atoms. The molecule has 1 aliphatic rings. The molecule has 5 N–H and O–H groups in total. The Hall–Kier alpha value is -2.92. The van der Waals surface area contributed by atoms with E-state index in [1.165, 1.54) is 12.1 Å². The molecule has 1 atom stereocenters. The summed E-state index contributed by atoms with van der Waals surface area (Å²) in [7, 11) is 0. The molecular weight excluding hydrogens is 503 g/mol. The minimum atomic E-state index is -1.31. The fraction of sp³-hybridized carbons (Fsp3) is 0.462. The predicted molar refractivity (Wildman–Crippen MR) is 139 cm³/mol. The van der Waals surface area contributed by atoms with Crippen molar-refractivity contribution in [3.05, 3.63) is 58.9 Å². The zero-order valence-corrected chi connectivity index (χ0v) is 21.6. The third-order valence-corrected chi connectivity index (χ3v) is 6.58. The van der Waals surface area contributed by atoms with E-state index in [0.717, 1.165) is 5.56 Å². The van der Waals surface area contributed by atoms with Crippen LogP contribution in [0.5, 0.6) is 5.75 Å². The van der Waals surface area contributed by atoms with Gasteiger partial charge in [-0.3, -0.25) is 15.3 Å². The number of amides is 1. The Morgan fingerprint density at radius 1 is 1.22 bits per heavy atom. The highest BCUT2D eigenvalue weighted by atomic mass is 35.5. The van der Waals surface area contributed by atoms with E-state index < -0.39 is 6.35 Å². The second-order valence-corrected chi connectivity index (χ2v) is 9.55. The van der Waals surface area contributed by atoms with Crippen molar-refractivity contribution in [2.24, 2.45) is 11.1 Å². The zero-order chi connectivity index (χ0) is 26.8. The molecule has 3 rings (SSSR count). The minimum absolute atomic E-state index is 0.102. The highest BCUT2D eigenvalue weighted by molar-refractivity contribution is 6.30. The lowest BCUT2D eigenvalue weighted by molar-refractivity contribution is -0.142. The number of halogens is 2. The number of piperidine rings is 1. The average molecular weight is 537 g/mol. The minimum Gasteiger partial charge on any atom is -0.482 e. The fourth-order valence-corrected chi connectivity index (χ4v) is 4.63. The first-order valence-corrected chi connectivity index (χ1v) is 12.6. The molecule has 11 heteroatoms. The number of ether oxygens (including phenoxy) is 2. The fourth-order valence-electron chi connectivity index (χ4n) is 4.45. The van der Waals surface area contributed by atoms with Gasteiger partial charge in [0, 0.05) is 24.7 Å². The number of aliphatic hydroxyl groups excluding tert-OH is 1. The normalized spacial score (nSPS) is 15.6. The molecule has 1 unspecified atom stereocenters. The SMILES string of the molecule is CCOC(=O)CNCC1(Cc2ccc(F)cc2)CCN(C(=O)COc2ccc(Cl)cc2NC(N)O)CC1. The quantitative estimate of drug-likeness (QED) is 0.241. The van der Waals surface area contributed by atoms with Crippen LogP contribution >= 0.6 is 11.6 Å². The molecule has 1 saturated heterocycles. The van der Waals surface area contributed by atoms with E-state index in [-0.39, 0.29) is 36.3 Å². The number of nitrogens with one attached hydrogen (secondary N) is 2. The van der Waals surface area contributed by atoms with Gasteiger partial charge < -0.3 is 30.1 Å². The lowest BCUT2D eigenvalue weighted by Gasteiger charge is -2.42. The molecule has 0 radical (unpaired) electrons. The first-order valence-electron chi connectivity index (χ1n) is 12.2. The number of hydrogen-bond acceptors (Lipinski definition) is 8. The molecule has 1 heterocycles. The third-order valence-electron chi connectivity index (χ3n) is 6.34. The second-order valence-electron chi connectivity index (χ2n) is 9.11. The summed E-state index contributed by atoms with van der Waals surface area (Å²) < 4.78 is 24.1. The standard InChI is InChI=1S/C26H34ClFN4O5/c1-2-36-24(34)15-30-17-26(14-18-3-6-20(28)7-4-18)9-11-32(12-10-26)23(33)16-37-22-8-5-19(27)13-21(22)31-25(29)35/h3-8,13,25,30-31,35H,2,9-12,14-17,29H2,1H3. The molecule has 1 amide bonds. The molecule has 37 heavy (non-hydrogen) atoms. The molecule has 1 fully saturated rings. The number of hydrogen-bond donors (Lipinski definition) is 4. The Morgan fingerprint density at radius 3 is 2.57 bits per heavy atom. The molecule has 0 aromatic heterocycles. The number of carbonyl (C=O) groups is 2. The maximum Gasteiger partial charge on any atom is 0.319 e. The van der Waals surface area contributed by atoms with E-state index in [1.54, 1.807) is 42.2 Å². The summed E-state index contributed by atoms with van der Waals surface area (Å²) in [5.41, 5.74) is 6.54. The van der Waals surface area contributed by atoms with Gasteiger partial charge in [0.25, 0.3) is 5.91 Å². The van der Waals surface area contributed by atoms with Gasteiger partial charge in [-0.15, -0.1) is 0 Å². The molecule has 0 saturated carbocycles. The van der Waals surface area contributed by atoms with Crippen LogP contribution in [0.2, 0.25) is 5.02 Å². The molecule has 0 bridgehead atoms. The van der Waals surface area contributed by atoms with Crippen LogP contribution in [0.4, 0.5) is 10.1 Å². The summed E-state index contributed by atoms with van der Waals surface area (Å²) in [5, 5.41) is 15.7. The largest absolute Gasteiger partial charge is 0.482 e. The monoisotopic (exact) mass is 536 g/mol. The van der Waals surface area contributed by atoms with Gasteiger partial charge in [-0.05, 0) is 67.5 Å². The molecule has 202 valence electrons. The van der Waals surface area contributed by atoms with Crippen molar-refractivity contribution in [2.75, 3.05) is 44.7 Å². The number of carbonyl (C=O) groups excluding carboxylic acids is 2. The Balaban J connectivity index is 1.60. The van der Waals surface area contributed by atoms with Crippen LogP contribution in [0.1, 0.15) is 25.3 Å². The summed E-state index contributed by atoms with van der Waals surface area (Å²) in [6.07, 6.45) is 0.756. The van der Waals surface area contributed by atoms with Gasteiger partial charge in [0.2, 0.25) is 0 Å². The van der Waals surface area contributed by atoms with Crippen LogP contribution in [0.25, 0.3) is 0 Å². The Morgan fingerprint density at radius 2 is 1.92 bits per heavy atom. The Bertz CT molecular complexity index is 1050. The summed E-state index contributed by atoms with van der Waals surface area (Å²) >= 11 is 6.00. The van der Waals surface area contributed by atoms with Crippen molar-refractivity contribution >= 4 is 29.2 Å². The first-order chi connectivity index (χ1) is 17.7. The number of anilines is 1. The van der Waals surface area contributed by atoms with Crippen molar-refractivity contribution in [1.82, 2.24) is 10.2 Å².